The summed E-state index contributed by atoms with van der Waals surface area (Å²) in [6.07, 6.45) is 5.06. The smallest absolute Gasteiger partial charge is 0.0594 e. The van der Waals surface area contributed by atoms with Crippen LogP contribution in [0.1, 0.15) is 31.4 Å². The van der Waals surface area contributed by atoms with Gasteiger partial charge in [0.2, 0.25) is 0 Å². The Morgan fingerprint density at radius 1 is 1.33 bits per heavy atom. The van der Waals surface area contributed by atoms with Crippen molar-refractivity contribution in [3.05, 3.63) is 29.6 Å². The Balaban J connectivity index is 1.85. The second-order valence-electron chi connectivity index (χ2n) is 6.36. The second kappa shape index (κ2) is 8.47. The molecule has 1 N–H and O–H groups in total. The van der Waals surface area contributed by atoms with Crippen LogP contribution in [0.2, 0.25) is 0 Å². The molecule has 0 aliphatic carbocycles. The van der Waals surface area contributed by atoms with Gasteiger partial charge in [0.05, 0.1) is 13.2 Å². The van der Waals surface area contributed by atoms with Gasteiger partial charge in [0, 0.05) is 44.6 Å². The van der Waals surface area contributed by atoms with Crippen molar-refractivity contribution < 1.29 is 4.74 Å². The summed E-state index contributed by atoms with van der Waals surface area (Å²) in [7, 11) is 0. The van der Waals surface area contributed by atoms with Gasteiger partial charge < -0.3 is 10.1 Å². The number of aromatic nitrogens is 1. The van der Waals surface area contributed by atoms with E-state index in [1.165, 1.54) is 17.5 Å². The fourth-order valence-electron chi connectivity index (χ4n) is 2.90. The highest BCUT2D eigenvalue weighted by Gasteiger charge is 2.21. The summed E-state index contributed by atoms with van der Waals surface area (Å²) in [6.45, 7) is 12.6. The third-order valence-electron chi connectivity index (χ3n) is 4.15. The maximum atomic E-state index is 5.47. The van der Waals surface area contributed by atoms with Crippen LogP contribution in [0.3, 0.4) is 0 Å². The van der Waals surface area contributed by atoms with E-state index in [1.54, 1.807) is 0 Å². The number of morpholine rings is 1. The van der Waals surface area contributed by atoms with Crippen molar-refractivity contribution in [2.75, 3.05) is 32.8 Å². The standard InChI is InChI=1S/C17H29N3O/c1-14(2)10-17(20-6-8-21-9-7-20)13-19-12-16-11-18-5-4-15(16)3/h4-5,11,14,17,19H,6-10,12-13H2,1-3H3. The molecule has 1 unspecified atom stereocenters. The molecule has 4 heteroatoms. The van der Waals surface area contributed by atoms with E-state index >= 15 is 0 Å². The minimum absolute atomic E-state index is 0.603. The average Bonchev–Trinajstić information content (AvgIpc) is 2.49. The first-order chi connectivity index (χ1) is 10.2. The maximum Gasteiger partial charge on any atom is 0.0594 e. The molecule has 4 nitrogen and oxygen atoms in total. The molecule has 0 aromatic carbocycles. The molecule has 21 heavy (non-hydrogen) atoms. The first-order valence-corrected chi connectivity index (χ1v) is 8.09. The number of hydrogen-bond acceptors (Lipinski definition) is 4. The predicted octanol–water partition coefficient (Wildman–Crippen LogP) is 2.23. The fourth-order valence-corrected chi connectivity index (χ4v) is 2.90. The SMILES string of the molecule is Cc1ccncc1CNCC(CC(C)C)N1CCOCC1. The van der Waals surface area contributed by atoms with Gasteiger partial charge in [-0.2, -0.15) is 0 Å². The molecule has 0 radical (unpaired) electrons. The number of pyridine rings is 1. The summed E-state index contributed by atoms with van der Waals surface area (Å²) in [6, 6.07) is 2.68. The Bertz CT molecular complexity index is 416. The van der Waals surface area contributed by atoms with E-state index in [0.29, 0.717) is 6.04 Å². The van der Waals surface area contributed by atoms with E-state index in [2.05, 4.69) is 42.0 Å². The summed E-state index contributed by atoms with van der Waals surface area (Å²) in [5.41, 5.74) is 2.60. The minimum atomic E-state index is 0.603. The molecule has 1 aliphatic heterocycles. The zero-order valence-corrected chi connectivity index (χ0v) is 13.6. The van der Waals surface area contributed by atoms with Crippen molar-refractivity contribution in [3.8, 4) is 0 Å². The van der Waals surface area contributed by atoms with Gasteiger partial charge in [0.15, 0.2) is 0 Å². The number of nitrogens with one attached hydrogen (secondary N) is 1. The van der Waals surface area contributed by atoms with E-state index in [1.807, 2.05) is 12.4 Å². The molecule has 0 spiro atoms. The van der Waals surface area contributed by atoms with Gasteiger partial charge in [-0.3, -0.25) is 9.88 Å². The van der Waals surface area contributed by atoms with Crippen molar-refractivity contribution >= 4 is 0 Å². The van der Waals surface area contributed by atoms with Gasteiger partial charge in [-0.1, -0.05) is 13.8 Å². The molecular formula is C17H29N3O. The molecule has 1 atom stereocenters. The summed E-state index contributed by atoms with van der Waals surface area (Å²) >= 11 is 0. The molecule has 1 aromatic heterocycles. The molecule has 1 fully saturated rings. The Morgan fingerprint density at radius 3 is 2.76 bits per heavy atom. The van der Waals surface area contributed by atoms with E-state index in [0.717, 1.165) is 45.3 Å². The summed E-state index contributed by atoms with van der Waals surface area (Å²) in [5.74, 6) is 0.722. The molecule has 0 amide bonds. The lowest BCUT2D eigenvalue weighted by Gasteiger charge is -2.35. The molecular weight excluding hydrogens is 262 g/mol. The molecule has 0 bridgehead atoms. The van der Waals surface area contributed by atoms with E-state index in [-0.39, 0.29) is 0 Å². The largest absolute Gasteiger partial charge is 0.379 e. The zero-order valence-electron chi connectivity index (χ0n) is 13.6. The first kappa shape index (κ1) is 16.4. The molecule has 118 valence electrons. The van der Waals surface area contributed by atoms with Gasteiger partial charge in [-0.15, -0.1) is 0 Å². The van der Waals surface area contributed by atoms with Crippen LogP contribution in [0.15, 0.2) is 18.5 Å². The predicted molar refractivity (Wildman–Crippen MR) is 86.3 cm³/mol. The number of aryl methyl sites for hydroxylation is 1. The number of nitrogens with zero attached hydrogens (tertiary/aromatic N) is 2. The van der Waals surface area contributed by atoms with Crippen molar-refractivity contribution in [2.45, 2.75) is 39.8 Å². The molecule has 2 rings (SSSR count). The van der Waals surface area contributed by atoms with E-state index < -0.39 is 0 Å². The van der Waals surface area contributed by atoms with Gasteiger partial charge in [-0.25, -0.2) is 0 Å². The molecule has 0 saturated carbocycles. The van der Waals surface area contributed by atoms with Crippen LogP contribution in [0.4, 0.5) is 0 Å². The highest BCUT2D eigenvalue weighted by atomic mass is 16.5. The van der Waals surface area contributed by atoms with Crippen LogP contribution in [0.25, 0.3) is 0 Å². The quantitative estimate of drug-likeness (QED) is 0.836. The monoisotopic (exact) mass is 291 g/mol. The zero-order chi connectivity index (χ0) is 15.1. The Morgan fingerprint density at radius 2 is 2.10 bits per heavy atom. The highest BCUT2D eigenvalue weighted by Crippen LogP contribution is 2.13. The third kappa shape index (κ3) is 5.38. The van der Waals surface area contributed by atoms with Crippen LogP contribution >= 0.6 is 0 Å². The normalized spacial score (nSPS) is 18.1. The van der Waals surface area contributed by atoms with E-state index in [9.17, 15) is 0 Å². The summed E-state index contributed by atoms with van der Waals surface area (Å²) < 4.78 is 5.47. The first-order valence-electron chi connectivity index (χ1n) is 8.09. The lowest BCUT2D eigenvalue weighted by Crippen LogP contribution is -2.48. The van der Waals surface area contributed by atoms with Crippen LogP contribution < -0.4 is 5.32 Å². The molecule has 1 saturated heterocycles. The van der Waals surface area contributed by atoms with Crippen molar-refractivity contribution in [1.82, 2.24) is 15.2 Å². The molecule has 1 aliphatic rings. The minimum Gasteiger partial charge on any atom is -0.379 e. The number of rotatable bonds is 7. The fraction of sp³-hybridized carbons (Fsp3) is 0.706. The maximum absolute atomic E-state index is 5.47. The Labute approximate surface area is 128 Å². The summed E-state index contributed by atoms with van der Waals surface area (Å²) in [5, 5.41) is 3.62. The van der Waals surface area contributed by atoms with Crippen molar-refractivity contribution in [3.63, 3.8) is 0 Å². The molecule has 2 heterocycles. The highest BCUT2D eigenvalue weighted by molar-refractivity contribution is 5.20. The Hall–Kier alpha value is -0.970. The number of hydrogen-bond donors (Lipinski definition) is 1. The third-order valence-corrected chi connectivity index (χ3v) is 4.15. The van der Waals surface area contributed by atoms with Gasteiger partial charge >= 0.3 is 0 Å². The topological polar surface area (TPSA) is 37.4 Å². The van der Waals surface area contributed by atoms with Crippen LogP contribution in [0, 0.1) is 12.8 Å². The van der Waals surface area contributed by atoms with Gasteiger partial charge in [-0.05, 0) is 36.5 Å². The lowest BCUT2D eigenvalue weighted by atomic mass is 10.0. The van der Waals surface area contributed by atoms with Gasteiger partial charge in [0.1, 0.15) is 0 Å². The van der Waals surface area contributed by atoms with Gasteiger partial charge in [0.25, 0.3) is 0 Å². The van der Waals surface area contributed by atoms with E-state index in [4.69, 9.17) is 4.74 Å². The number of ether oxygens (including phenoxy) is 1. The molecule has 1 aromatic rings. The van der Waals surface area contributed by atoms with Crippen LogP contribution in [0.5, 0.6) is 0 Å². The second-order valence-corrected chi connectivity index (χ2v) is 6.36. The van der Waals surface area contributed by atoms with Crippen LogP contribution in [-0.4, -0.2) is 48.8 Å². The van der Waals surface area contributed by atoms with Crippen molar-refractivity contribution in [1.29, 1.82) is 0 Å². The summed E-state index contributed by atoms with van der Waals surface area (Å²) in [4.78, 5) is 6.79. The Kier molecular flexibility index (Phi) is 6.61. The average molecular weight is 291 g/mol. The lowest BCUT2D eigenvalue weighted by molar-refractivity contribution is 0.0123. The van der Waals surface area contributed by atoms with Crippen molar-refractivity contribution in [2.24, 2.45) is 5.92 Å². The van der Waals surface area contributed by atoms with Crippen LogP contribution in [-0.2, 0) is 11.3 Å².